The number of piperazine rings is 1. The standard InChI is InChI=1S/C12H14F4N2O/c13-8-1-2-10(19)9(7-8)11(12(14,15)16)18-5-3-17-4-6-18/h1-2,7,11,17,19H,3-6H2/t11-/m0/s1. The van der Waals surface area contributed by atoms with Crippen LogP contribution in [0.5, 0.6) is 5.75 Å². The monoisotopic (exact) mass is 278 g/mol. The molecule has 7 heteroatoms. The molecule has 2 N–H and O–H groups in total. The fourth-order valence-corrected chi connectivity index (χ4v) is 2.26. The molecule has 0 aromatic heterocycles. The molecule has 0 aliphatic carbocycles. The Bertz CT molecular complexity index is 444. The number of rotatable bonds is 2. The van der Waals surface area contributed by atoms with Crippen LogP contribution in [0.1, 0.15) is 11.6 Å². The number of benzene rings is 1. The number of aromatic hydroxyl groups is 1. The normalized spacial score (nSPS) is 19.4. The summed E-state index contributed by atoms with van der Waals surface area (Å²) in [6, 6.07) is 0.649. The van der Waals surface area contributed by atoms with Gasteiger partial charge in [0.1, 0.15) is 17.6 Å². The van der Waals surface area contributed by atoms with Gasteiger partial charge in [-0.1, -0.05) is 0 Å². The van der Waals surface area contributed by atoms with Crippen molar-refractivity contribution in [1.82, 2.24) is 10.2 Å². The molecule has 1 aliphatic heterocycles. The van der Waals surface area contributed by atoms with Crippen LogP contribution in [-0.2, 0) is 0 Å². The Morgan fingerprint density at radius 3 is 2.42 bits per heavy atom. The van der Waals surface area contributed by atoms with Crippen molar-refractivity contribution in [3.63, 3.8) is 0 Å². The average molecular weight is 278 g/mol. The molecule has 0 amide bonds. The van der Waals surface area contributed by atoms with E-state index < -0.39 is 29.3 Å². The minimum Gasteiger partial charge on any atom is -0.508 e. The largest absolute Gasteiger partial charge is 0.508 e. The lowest BCUT2D eigenvalue weighted by Gasteiger charge is -2.36. The lowest BCUT2D eigenvalue weighted by molar-refractivity contribution is -0.188. The topological polar surface area (TPSA) is 35.5 Å². The fourth-order valence-electron chi connectivity index (χ4n) is 2.26. The minimum absolute atomic E-state index is 0.195. The number of nitrogens with zero attached hydrogens (tertiary/aromatic N) is 1. The molecule has 3 nitrogen and oxygen atoms in total. The summed E-state index contributed by atoms with van der Waals surface area (Å²) in [4.78, 5) is 1.20. The molecule has 0 radical (unpaired) electrons. The van der Waals surface area contributed by atoms with Crippen LogP contribution in [-0.4, -0.2) is 42.4 Å². The summed E-state index contributed by atoms with van der Waals surface area (Å²) >= 11 is 0. The van der Waals surface area contributed by atoms with E-state index in [-0.39, 0.29) is 13.1 Å². The van der Waals surface area contributed by atoms with Crippen molar-refractivity contribution >= 4 is 0 Å². The first kappa shape index (κ1) is 14.1. The average Bonchev–Trinajstić information content (AvgIpc) is 2.33. The summed E-state index contributed by atoms with van der Waals surface area (Å²) in [5.74, 6) is -1.33. The van der Waals surface area contributed by atoms with Crippen molar-refractivity contribution in [2.45, 2.75) is 12.2 Å². The van der Waals surface area contributed by atoms with E-state index in [0.29, 0.717) is 13.1 Å². The zero-order valence-electron chi connectivity index (χ0n) is 10.0. The van der Waals surface area contributed by atoms with Crippen molar-refractivity contribution in [2.24, 2.45) is 0 Å². The zero-order valence-corrected chi connectivity index (χ0v) is 10.0. The van der Waals surface area contributed by atoms with Crippen LogP contribution >= 0.6 is 0 Å². The highest BCUT2D eigenvalue weighted by Crippen LogP contribution is 2.41. The predicted molar refractivity (Wildman–Crippen MR) is 61.3 cm³/mol. The van der Waals surface area contributed by atoms with E-state index >= 15 is 0 Å². The molecule has 19 heavy (non-hydrogen) atoms. The fraction of sp³-hybridized carbons (Fsp3) is 0.500. The number of nitrogens with one attached hydrogen (secondary N) is 1. The number of hydrogen-bond acceptors (Lipinski definition) is 3. The van der Waals surface area contributed by atoms with Crippen molar-refractivity contribution < 1.29 is 22.7 Å². The SMILES string of the molecule is Oc1ccc(F)cc1[C@H](N1CCNCC1)C(F)(F)F. The van der Waals surface area contributed by atoms with E-state index in [4.69, 9.17) is 0 Å². The number of halogens is 4. The summed E-state index contributed by atoms with van der Waals surface area (Å²) in [5, 5.41) is 12.5. The van der Waals surface area contributed by atoms with Gasteiger partial charge in [-0.05, 0) is 18.2 Å². The van der Waals surface area contributed by atoms with Crippen LogP contribution in [0.2, 0.25) is 0 Å². The number of hydrogen-bond donors (Lipinski definition) is 2. The molecule has 106 valence electrons. The quantitative estimate of drug-likeness (QED) is 0.813. The third kappa shape index (κ3) is 3.16. The Morgan fingerprint density at radius 2 is 1.84 bits per heavy atom. The molecule has 1 heterocycles. The van der Waals surface area contributed by atoms with E-state index in [1.54, 1.807) is 0 Å². The number of alkyl halides is 3. The maximum atomic E-state index is 13.2. The highest BCUT2D eigenvalue weighted by molar-refractivity contribution is 5.36. The van der Waals surface area contributed by atoms with E-state index in [1.165, 1.54) is 4.90 Å². The Balaban J connectivity index is 2.39. The Morgan fingerprint density at radius 1 is 1.21 bits per heavy atom. The molecule has 1 aliphatic rings. The first-order valence-electron chi connectivity index (χ1n) is 5.89. The Kier molecular flexibility index (Phi) is 3.96. The molecular weight excluding hydrogens is 264 g/mol. The van der Waals surface area contributed by atoms with Gasteiger partial charge in [-0.25, -0.2) is 4.39 Å². The number of phenolic OH excluding ortho intramolecular Hbond substituents is 1. The van der Waals surface area contributed by atoms with Crippen LogP contribution in [0.3, 0.4) is 0 Å². The van der Waals surface area contributed by atoms with Crippen LogP contribution < -0.4 is 5.32 Å². The second kappa shape index (κ2) is 5.34. The molecule has 1 fully saturated rings. The Labute approximate surface area is 107 Å². The highest BCUT2D eigenvalue weighted by atomic mass is 19.4. The van der Waals surface area contributed by atoms with Crippen LogP contribution in [0.25, 0.3) is 0 Å². The zero-order chi connectivity index (χ0) is 14.0. The summed E-state index contributed by atoms with van der Waals surface area (Å²) < 4.78 is 52.8. The van der Waals surface area contributed by atoms with Gasteiger partial charge >= 0.3 is 6.18 Å². The summed E-state index contributed by atoms with van der Waals surface area (Å²) in [7, 11) is 0. The van der Waals surface area contributed by atoms with E-state index in [1.807, 2.05) is 0 Å². The maximum absolute atomic E-state index is 13.2. The molecule has 2 rings (SSSR count). The summed E-state index contributed by atoms with van der Waals surface area (Å²) in [6.45, 7) is 1.26. The van der Waals surface area contributed by atoms with Crippen LogP contribution in [0.15, 0.2) is 18.2 Å². The van der Waals surface area contributed by atoms with Crippen molar-refractivity contribution in [1.29, 1.82) is 0 Å². The smallest absolute Gasteiger partial charge is 0.408 e. The molecule has 0 saturated carbocycles. The third-order valence-corrected chi connectivity index (χ3v) is 3.11. The van der Waals surface area contributed by atoms with Gasteiger partial charge in [-0.15, -0.1) is 0 Å². The lowest BCUT2D eigenvalue weighted by atomic mass is 10.0. The molecule has 0 spiro atoms. The Hall–Kier alpha value is -1.34. The van der Waals surface area contributed by atoms with Gasteiger partial charge in [0.25, 0.3) is 0 Å². The molecule has 1 atom stereocenters. The van der Waals surface area contributed by atoms with Gasteiger partial charge in [0.15, 0.2) is 0 Å². The van der Waals surface area contributed by atoms with Crippen LogP contribution in [0.4, 0.5) is 17.6 Å². The highest BCUT2D eigenvalue weighted by Gasteiger charge is 2.46. The van der Waals surface area contributed by atoms with Gasteiger partial charge in [0.2, 0.25) is 0 Å². The molecule has 1 aromatic rings. The van der Waals surface area contributed by atoms with E-state index in [2.05, 4.69) is 5.32 Å². The summed E-state index contributed by atoms with van der Waals surface area (Å²) in [6.07, 6.45) is -4.57. The molecule has 0 bridgehead atoms. The van der Waals surface area contributed by atoms with Gasteiger partial charge in [0.05, 0.1) is 0 Å². The van der Waals surface area contributed by atoms with Crippen LogP contribution in [0, 0.1) is 5.82 Å². The minimum atomic E-state index is -4.57. The molecular formula is C12H14F4N2O. The van der Waals surface area contributed by atoms with Crippen molar-refractivity contribution in [3.05, 3.63) is 29.6 Å². The van der Waals surface area contributed by atoms with Gasteiger partial charge in [0, 0.05) is 31.7 Å². The van der Waals surface area contributed by atoms with Crippen molar-refractivity contribution in [3.8, 4) is 5.75 Å². The first-order valence-corrected chi connectivity index (χ1v) is 5.89. The molecule has 0 unspecified atom stereocenters. The number of phenols is 1. The van der Waals surface area contributed by atoms with E-state index in [9.17, 15) is 22.7 Å². The predicted octanol–water partition coefficient (Wildman–Crippen LogP) is 2.04. The van der Waals surface area contributed by atoms with E-state index in [0.717, 1.165) is 18.2 Å². The second-order valence-electron chi connectivity index (χ2n) is 4.43. The molecule has 1 aromatic carbocycles. The van der Waals surface area contributed by atoms with Crippen molar-refractivity contribution in [2.75, 3.05) is 26.2 Å². The van der Waals surface area contributed by atoms with Gasteiger partial charge in [-0.3, -0.25) is 4.90 Å². The first-order chi connectivity index (χ1) is 8.89. The third-order valence-electron chi connectivity index (χ3n) is 3.11. The lowest BCUT2D eigenvalue weighted by Crippen LogP contribution is -2.49. The molecule has 1 saturated heterocycles. The van der Waals surface area contributed by atoms with Gasteiger partial charge in [-0.2, -0.15) is 13.2 Å². The summed E-state index contributed by atoms with van der Waals surface area (Å²) in [5.41, 5.74) is -0.436. The second-order valence-corrected chi connectivity index (χ2v) is 4.43. The maximum Gasteiger partial charge on any atom is 0.408 e. The van der Waals surface area contributed by atoms with Gasteiger partial charge < -0.3 is 10.4 Å².